The van der Waals surface area contributed by atoms with Crippen molar-refractivity contribution in [3.63, 3.8) is 0 Å². The van der Waals surface area contributed by atoms with E-state index >= 15 is 0 Å². The Morgan fingerprint density at radius 1 is 1.02 bits per heavy atom. The molecule has 41 heavy (non-hydrogen) atoms. The Morgan fingerprint density at radius 2 is 1.73 bits per heavy atom. The molecule has 218 valence electrons. The number of hydrogen-bond acceptors (Lipinski definition) is 6. The summed E-state index contributed by atoms with van der Waals surface area (Å²) in [5, 5.41) is 3.43. The van der Waals surface area contributed by atoms with Gasteiger partial charge in [0, 0.05) is 23.6 Å². The van der Waals surface area contributed by atoms with Crippen molar-refractivity contribution in [3.05, 3.63) is 65.2 Å². The lowest BCUT2D eigenvalue weighted by atomic mass is 9.46. The third kappa shape index (κ3) is 5.48. The van der Waals surface area contributed by atoms with E-state index in [0.29, 0.717) is 41.5 Å². The van der Waals surface area contributed by atoms with Gasteiger partial charge in [0.2, 0.25) is 11.8 Å². The molecule has 0 saturated heterocycles. The summed E-state index contributed by atoms with van der Waals surface area (Å²) in [6, 6.07) is 16.1. The average molecular weight is 575 g/mol. The van der Waals surface area contributed by atoms with Gasteiger partial charge >= 0.3 is 0 Å². The predicted octanol–water partition coefficient (Wildman–Crippen LogP) is 6.48. The molecule has 1 spiro atoms. The molecule has 6 rings (SSSR count). The number of ether oxygens (including phenoxy) is 1. The Bertz CT molecular complexity index is 1520. The predicted molar refractivity (Wildman–Crippen MR) is 163 cm³/mol. The van der Waals surface area contributed by atoms with Crippen molar-refractivity contribution >= 4 is 16.0 Å². The van der Waals surface area contributed by atoms with Gasteiger partial charge in [-0.3, -0.25) is 0 Å². The van der Waals surface area contributed by atoms with Crippen molar-refractivity contribution < 1.29 is 13.2 Å². The molecule has 2 atom stereocenters. The molecule has 4 bridgehead atoms. The lowest BCUT2D eigenvalue weighted by molar-refractivity contribution is -0.0676. The molecule has 8 heteroatoms. The summed E-state index contributed by atoms with van der Waals surface area (Å²) in [6.45, 7) is 9.10. The fraction of sp³-hybridized carbons (Fsp3) is 0.515. The summed E-state index contributed by atoms with van der Waals surface area (Å²) >= 11 is 0. The first-order valence-corrected chi connectivity index (χ1v) is 16.4. The maximum absolute atomic E-state index is 13.7. The molecule has 2 heterocycles. The van der Waals surface area contributed by atoms with Gasteiger partial charge in [-0.1, -0.05) is 44.2 Å². The van der Waals surface area contributed by atoms with Gasteiger partial charge in [-0.15, -0.1) is 0 Å². The van der Waals surface area contributed by atoms with E-state index in [9.17, 15) is 8.42 Å². The molecule has 2 aliphatic carbocycles. The summed E-state index contributed by atoms with van der Waals surface area (Å²) < 4.78 is 36.5. The molecule has 3 aromatic rings. The molecule has 7 nitrogen and oxygen atoms in total. The quantitative estimate of drug-likeness (QED) is 0.362. The molecule has 2 fully saturated rings. The van der Waals surface area contributed by atoms with Crippen molar-refractivity contribution in [1.29, 1.82) is 0 Å². The molecular formula is C33H42N4O3S. The zero-order valence-corrected chi connectivity index (χ0v) is 25.6. The van der Waals surface area contributed by atoms with E-state index in [0.717, 1.165) is 28.7 Å². The molecule has 2 N–H and O–H groups in total. The molecule has 2 aromatic carbocycles. The van der Waals surface area contributed by atoms with Crippen LogP contribution in [0.3, 0.4) is 0 Å². The van der Waals surface area contributed by atoms with Crippen molar-refractivity contribution in [2.24, 2.45) is 23.2 Å². The van der Waals surface area contributed by atoms with Crippen LogP contribution in [0.4, 0.5) is 5.95 Å². The number of sulfonamides is 1. The Morgan fingerprint density at radius 3 is 2.41 bits per heavy atom. The fourth-order valence-corrected chi connectivity index (χ4v) is 8.83. The normalized spacial score (nSPS) is 28.4. The number of nitrogens with zero attached hydrogens (tertiary/aromatic N) is 2. The third-order valence-corrected chi connectivity index (χ3v) is 10.9. The van der Waals surface area contributed by atoms with Gasteiger partial charge in [0.1, 0.15) is 0 Å². The van der Waals surface area contributed by atoms with Crippen LogP contribution in [-0.4, -0.2) is 38.1 Å². The smallest absolute Gasteiger partial charge is 0.264 e. The topological polar surface area (TPSA) is 93.2 Å². The Hall–Kier alpha value is -2.97. The number of benzene rings is 2. The molecule has 1 unspecified atom stereocenters. The summed E-state index contributed by atoms with van der Waals surface area (Å²) in [7, 11) is -1.85. The highest BCUT2D eigenvalue weighted by molar-refractivity contribution is 7.92. The van der Waals surface area contributed by atoms with Crippen molar-refractivity contribution in [2.75, 3.05) is 18.4 Å². The molecule has 3 aliphatic rings. The van der Waals surface area contributed by atoms with Gasteiger partial charge < -0.3 is 10.1 Å². The number of rotatable bonds is 5. The van der Waals surface area contributed by atoms with Gasteiger partial charge in [0.05, 0.1) is 17.2 Å². The number of anilines is 1. The Balaban J connectivity index is 1.42. The maximum Gasteiger partial charge on any atom is 0.264 e. The van der Waals surface area contributed by atoms with Gasteiger partial charge in [-0.05, 0) is 105 Å². The summed E-state index contributed by atoms with van der Waals surface area (Å²) in [5.74, 6) is 1.84. The number of aryl methyl sites for hydroxylation is 2. The van der Waals surface area contributed by atoms with Crippen LogP contribution in [0.25, 0.3) is 11.3 Å². The molecule has 1 aliphatic heterocycles. The molecule has 1 aromatic heterocycles. The van der Waals surface area contributed by atoms with E-state index in [1.54, 1.807) is 6.07 Å². The Kier molecular flexibility index (Phi) is 7.35. The van der Waals surface area contributed by atoms with E-state index in [2.05, 4.69) is 47.0 Å². The first kappa shape index (κ1) is 28.2. The largest absolute Gasteiger partial charge is 0.477 e. The van der Waals surface area contributed by atoms with Crippen LogP contribution in [0.5, 0.6) is 5.88 Å². The monoisotopic (exact) mass is 574 g/mol. The van der Waals surface area contributed by atoms with Crippen molar-refractivity contribution in [2.45, 2.75) is 76.7 Å². The number of nitrogens with one attached hydrogen (secondary N) is 2. The molecule has 0 amide bonds. The number of aromatic nitrogens is 2. The van der Waals surface area contributed by atoms with Crippen LogP contribution in [-0.2, 0) is 10.0 Å². The van der Waals surface area contributed by atoms with Crippen LogP contribution in [0.1, 0.15) is 68.6 Å². The van der Waals surface area contributed by atoms with Gasteiger partial charge in [-0.25, -0.2) is 18.1 Å². The van der Waals surface area contributed by atoms with E-state index < -0.39 is 10.0 Å². The second-order valence-corrected chi connectivity index (χ2v) is 14.8. The second kappa shape index (κ2) is 10.7. The van der Waals surface area contributed by atoms with Gasteiger partial charge in [-0.2, -0.15) is 4.98 Å². The van der Waals surface area contributed by atoms with Crippen LogP contribution < -0.4 is 14.8 Å². The van der Waals surface area contributed by atoms with Crippen LogP contribution in [0.15, 0.2) is 53.4 Å². The number of fused-ring (bicyclic) bond motifs is 4. The highest BCUT2D eigenvalue weighted by atomic mass is 32.2. The second-order valence-electron chi connectivity index (χ2n) is 13.1. The van der Waals surface area contributed by atoms with Crippen LogP contribution >= 0.6 is 0 Å². The van der Waals surface area contributed by atoms with E-state index in [1.165, 1.54) is 25.7 Å². The minimum atomic E-state index is -3.91. The minimum absolute atomic E-state index is 0.0214. The summed E-state index contributed by atoms with van der Waals surface area (Å²) in [6.07, 6.45) is 5.84. The highest BCUT2D eigenvalue weighted by Gasteiger charge is 2.55. The fourth-order valence-electron chi connectivity index (χ4n) is 7.83. The van der Waals surface area contributed by atoms with Crippen LogP contribution in [0, 0.1) is 37.0 Å². The highest BCUT2D eigenvalue weighted by Crippen LogP contribution is 2.63. The average Bonchev–Trinajstić information content (AvgIpc) is 2.86. The molecule has 0 radical (unpaired) electrons. The minimum Gasteiger partial charge on any atom is -0.477 e. The standard InChI is InChI=1S/C33H42N4O3S/c1-20(2)12-24-19-40-29-14-28(30-21(3)8-6-9-22(30)4)35-32(36-29)37-41(38,39)27-11-7-10-23(13-27)31(24)25-15-33(16-25)17-26(18-33)34-5/h6-11,13-14,20,24-26,31,34H,12,15-19H2,1-5H3,(H,35,36,37)/t24-,25?,26?,31?,33?/m1/s1. The first-order valence-electron chi connectivity index (χ1n) is 14.9. The summed E-state index contributed by atoms with van der Waals surface area (Å²) in [5.41, 5.74) is 5.27. The molecule has 2 saturated carbocycles. The first-order chi connectivity index (χ1) is 19.6. The van der Waals surface area contributed by atoms with E-state index in [-0.39, 0.29) is 22.7 Å². The molecular weight excluding hydrogens is 532 g/mol. The Labute approximate surface area is 244 Å². The van der Waals surface area contributed by atoms with Gasteiger partial charge in [0.25, 0.3) is 10.0 Å². The maximum atomic E-state index is 13.7. The zero-order valence-electron chi connectivity index (χ0n) is 24.8. The number of hydrogen-bond donors (Lipinski definition) is 2. The zero-order chi connectivity index (χ0) is 28.9. The van der Waals surface area contributed by atoms with Crippen LogP contribution in [0.2, 0.25) is 0 Å². The van der Waals surface area contributed by atoms with E-state index in [1.807, 2.05) is 50.2 Å². The van der Waals surface area contributed by atoms with E-state index in [4.69, 9.17) is 4.74 Å². The lowest BCUT2D eigenvalue weighted by Gasteiger charge is -2.60. The third-order valence-electron chi connectivity index (χ3n) is 9.61. The SMILES string of the molecule is CNC1CC2(C1)CC(C1c3cccc(c3)S(=O)(=O)Nc3nc(cc(-c4c(C)cccc4C)n3)OC[C@H]1CC(C)C)C2. The van der Waals surface area contributed by atoms with Gasteiger partial charge in [0.15, 0.2) is 0 Å². The van der Waals surface area contributed by atoms with Crippen molar-refractivity contribution in [3.8, 4) is 17.1 Å². The summed E-state index contributed by atoms with van der Waals surface area (Å²) in [4.78, 5) is 9.44. The van der Waals surface area contributed by atoms with Crippen molar-refractivity contribution in [1.82, 2.24) is 15.3 Å². The lowest BCUT2D eigenvalue weighted by Crippen LogP contribution is -2.55.